The Bertz CT molecular complexity index is 399. The Balaban J connectivity index is 2.02. The third-order valence-corrected chi connectivity index (χ3v) is 4.06. The molecule has 1 saturated heterocycles. The molecule has 0 aromatic heterocycles. The predicted molar refractivity (Wildman–Crippen MR) is 77.9 cm³/mol. The average molecular weight is 298 g/mol. The summed E-state index contributed by atoms with van der Waals surface area (Å²) in [4.78, 5) is 25.1. The molecule has 1 heterocycles. The van der Waals surface area contributed by atoms with E-state index >= 15 is 0 Å². The highest BCUT2D eigenvalue weighted by molar-refractivity contribution is 5.74. The number of nitrogens with one attached hydrogen (secondary N) is 1. The van der Waals surface area contributed by atoms with Crippen molar-refractivity contribution in [2.45, 2.75) is 70.7 Å². The molecule has 0 aromatic rings. The Morgan fingerprint density at radius 3 is 2.38 bits per heavy atom. The van der Waals surface area contributed by atoms with E-state index in [1.165, 1.54) is 12.8 Å². The number of nitrogens with zero attached hydrogens (tertiary/aromatic N) is 1. The van der Waals surface area contributed by atoms with Gasteiger partial charge >= 0.3 is 12.1 Å². The summed E-state index contributed by atoms with van der Waals surface area (Å²) in [5, 5.41) is 12.7. The summed E-state index contributed by atoms with van der Waals surface area (Å²) in [7, 11) is 0. The Hall–Kier alpha value is -1.30. The number of hydrogen-bond donors (Lipinski definition) is 2. The van der Waals surface area contributed by atoms with Gasteiger partial charge in [0.15, 0.2) is 0 Å². The molecular weight excluding hydrogens is 272 g/mol. The Labute approximate surface area is 125 Å². The molecule has 21 heavy (non-hydrogen) atoms. The van der Waals surface area contributed by atoms with Crippen LogP contribution < -0.4 is 5.32 Å². The van der Waals surface area contributed by atoms with E-state index in [4.69, 9.17) is 4.74 Å². The van der Waals surface area contributed by atoms with Crippen molar-refractivity contribution in [1.82, 2.24) is 10.2 Å². The van der Waals surface area contributed by atoms with E-state index in [9.17, 15) is 14.7 Å². The lowest BCUT2D eigenvalue weighted by molar-refractivity contribution is -0.141. The molecule has 2 fully saturated rings. The molecule has 6 nitrogen and oxygen atoms in total. The molecule has 2 rings (SSSR count). The number of carbonyl (C=O) groups excluding carboxylic acids is 1. The Kier molecular flexibility index (Phi) is 4.76. The van der Waals surface area contributed by atoms with Crippen LogP contribution in [0.4, 0.5) is 4.79 Å². The molecule has 1 aliphatic carbocycles. The van der Waals surface area contributed by atoms with Crippen LogP contribution in [0.5, 0.6) is 0 Å². The van der Waals surface area contributed by atoms with Crippen LogP contribution in [0.25, 0.3) is 0 Å². The highest BCUT2D eigenvalue weighted by Gasteiger charge is 2.41. The van der Waals surface area contributed by atoms with Gasteiger partial charge in [-0.15, -0.1) is 0 Å². The zero-order valence-electron chi connectivity index (χ0n) is 13.1. The summed E-state index contributed by atoms with van der Waals surface area (Å²) >= 11 is 0. The number of rotatable bonds is 3. The molecule has 2 N–H and O–H groups in total. The number of ether oxygens (including phenoxy) is 1. The molecule has 0 radical (unpaired) electrons. The molecule has 0 bridgehead atoms. The van der Waals surface area contributed by atoms with E-state index in [0.29, 0.717) is 12.5 Å². The van der Waals surface area contributed by atoms with Gasteiger partial charge < -0.3 is 9.84 Å². The van der Waals surface area contributed by atoms with Gasteiger partial charge in [-0.2, -0.15) is 0 Å². The largest absolute Gasteiger partial charge is 0.481 e. The first-order chi connectivity index (χ1) is 9.76. The van der Waals surface area contributed by atoms with E-state index < -0.39 is 23.6 Å². The zero-order chi connectivity index (χ0) is 15.6. The molecule has 0 unspecified atom stereocenters. The first kappa shape index (κ1) is 16.1. The quantitative estimate of drug-likeness (QED) is 0.835. The van der Waals surface area contributed by atoms with E-state index in [0.717, 1.165) is 12.8 Å². The maximum atomic E-state index is 12.3. The van der Waals surface area contributed by atoms with Crippen LogP contribution in [0, 0.1) is 5.92 Å². The SMILES string of the molecule is CC(C)(C)OC(=O)N1C[C@@H](C(=O)O)C[C@H]1NC1CCCC1. The van der Waals surface area contributed by atoms with Crippen LogP contribution in [-0.2, 0) is 9.53 Å². The number of likely N-dealkylation sites (tertiary alicyclic amines) is 1. The average Bonchev–Trinajstić information content (AvgIpc) is 2.96. The van der Waals surface area contributed by atoms with Gasteiger partial charge in [0, 0.05) is 12.6 Å². The van der Waals surface area contributed by atoms with E-state index in [-0.39, 0.29) is 12.7 Å². The Morgan fingerprint density at radius 2 is 1.86 bits per heavy atom. The van der Waals surface area contributed by atoms with Gasteiger partial charge in [-0.25, -0.2) is 4.79 Å². The van der Waals surface area contributed by atoms with Crippen LogP contribution >= 0.6 is 0 Å². The molecule has 1 aliphatic heterocycles. The van der Waals surface area contributed by atoms with Crippen molar-refractivity contribution < 1.29 is 19.4 Å². The standard InChI is InChI=1S/C15H26N2O4/c1-15(2,3)21-14(20)17-9-10(13(18)19)8-12(17)16-11-6-4-5-7-11/h10-12,16H,4-9H2,1-3H3,(H,18,19)/t10-,12-/m0/s1. The fourth-order valence-corrected chi connectivity index (χ4v) is 3.06. The number of hydrogen-bond acceptors (Lipinski definition) is 4. The van der Waals surface area contributed by atoms with Gasteiger partial charge in [-0.3, -0.25) is 15.0 Å². The second kappa shape index (κ2) is 6.22. The molecular formula is C15H26N2O4. The van der Waals surface area contributed by atoms with Crippen LogP contribution in [0.1, 0.15) is 52.9 Å². The summed E-state index contributed by atoms with van der Waals surface area (Å²) < 4.78 is 5.40. The first-order valence-corrected chi connectivity index (χ1v) is 7.75. The van der Waals surface area contributed by atoms with Crippen molar-refractivity contribution in [3.8, 4) is 0 Å². The van der Waals surface area contributed by atoms with Crippen LogP contribution in [0.2, 0.25) is 0 Å². The first-order valence-electron chi connectivity index (χ1n) is 7.75. The third-order valence-electron chi connectivity index (χ3n) is 4.06. The molecule has 120 valence electrons. The highest BCUT2D eigenvalue weighted by Crippen LogP contribution is 2.27. The minimum absolute atomic E-state index is 0.217. The van der Waals surface area contributed by atoms with Gasteiger partial charge in [-0.05, 0) is 40.0 Å². The van der Waals surface area contributed by atoms with Gasteiger partial charge in [0.1, 0.15) is 5.60 Å². The third kappa shape index (κ3) is 4.33. The minimum atomic E-state index is -0.848. The monoisotopic (exact) mass is 298 g/mol. The summed E-state index contributed by atoms with van der Waals surface area (Å²) in [6.45, 7) is 5.66. The van der Waals surface area contributed by atoms with Gasteiger partial charge in [0.25, 0.3) is 0 Å². The van der Waals surface area contributed by atoms with Crippen molar-refractivity contribution in [3.05, 3.63) is 0 Å². The second-order valence-corrected chi connectivity index (χ2v) is 7.07. The van der Waals surface area contributed by atoms with Crippen molar-refractivity contribution in [1.29, 1.82) is 0 Å². The van der Waals surface area contributed by atoms with Crippen LogP contribution in [-0.4, -0.2) is 46.4 Å². The number of carboxylic acid groups (broad SMARTS) is 1. The smallest absolute Gasteiger partial charge is 0.411 e. The normalized spacial score (nSPS) is 27.1. The predicted octanol–water partition coefficient (Wildman–Crippen LogP) is 2.19. The maximum Gasteiger partial charge on any atom is 0.411 e. The van der Waals surface area contributed by atoms with Gasteiger partial charge in [0.05, 0.1) is 12.1 Å². The lowest BCUT2D eigenvalue weighted by Crippen LogP contribution is -2.49. The molecule has 0 spiro atoms. The molecule has 2 aliphatic rings. The lowest BCUT2D eigenvalue weighted by atomic mass is 10.1. The van der Waals surface area contributed by atoms with Crippen LogP contribution in [0.3, 0.4) is 0 Å². The van der Waals surface area contributed by atoms with Crippen molar-refractivity contribution >= 4 is 12.1 Å². The molecule has 1 saturated carbocycles. The van der Waals surface area contributed by atoms with Crippen molar-refractivity contribution in [2.75, 3.05) is 6.54 Å². The summed E-state index contributed by atoms with van der Waals surface area (Å²) in [5.74, 6) is -1.37. The van der Waals surface area contributed by atoms with Crippen LogP contribution in [0.15, 0.2) is 0 Å². The topological polar surface area (TPSA) is 78.9 Å². The van der Waals surface area contributed by atoms with Gasteiger partial charge in [0.2, 0.25) is 0 Å². The summed E-state index contributed by atoms with van der Waals surface area (Å²) in [6, 6.07) is 0.382. The van der Waals surface area contributed by atoms with Gasteiger partial charge in [-0.1, -0.05) is 12.8 Å². The fraction of sp³-hybridized carbons (Fsp3) is 0.867. The fourth-order valence-electron chi connectivity index (χ4n) is 3.06. The van der Waals surface area contributed by atoms with E-state index in [1.807, 2.05) is 20.8 Å². The zero-order valence-corrected chi connectivity index (χ0v) is 13.1. The number of amides is 1. The van der Waals surface area contributed by atoms with Crippen molar-refractivity contribution in [2.24, 2.45) is 5.92 Å². The minimum Gasteiger partial charge on any atom is -0.481 e. The summed E-state index contributed by atoms with van der Waals surface area (Å²) in [5.41, 5.74) is -0.573. The Morgan fingerprint density at radius 1 is 1.24 bits per heavy atom. The molecule has 0 aromatic carbocycles. The molecule has 6 heteroatoms. The number of aliphatic carboxylic acids is 1. The number of carboxylic acids is 1. The van der Waals surface area contributed by atoms with E-state index in [1.54, 1.807) is 4.90 Å². The highest BCUT2D eigenvalue weighted by atomic mass is 16.6. The van der Waals surface area contributed by atoms with E-state index in [2.05, 4.69) is 5.32 Å². The maximum absolute atomic E-state index is 12.3. The van der Waals surface area contributed by atoms with Crippen molar-refractivity contribution in [3.63, 3.8) is 0 Å². The molecule has 2 atom stereocenters. The second-order valence-electron chi connectivity index (χ2n) is 7.07. The lowest BCUT2D eigenvalue weighted by Gasteiger charge is -2.30. The summed E-state index contributed by atoms with van der Waals surface area (Å²) in [6.07, 6.45) is 4.36. The number of carbonyl (C=O) groups is 2. The molecule has 1 amide bonds.